The fraction of sp³-hybridized carbons (Fsp3) is 0.320. The topological polar surface area (TPSA) is 64.4 Å². The molecule has 0 bridgehead atoms. The summed E-state index contributed by atoms with van der Waals surface area (Å²) in [4.78, 5) is 27.1. The summed E-state index contributed by atoms with van der Waals surface area (Å²) < 4.78 is 7.16. The number of piperidine rings is 1. The molecule has 3 aromatic rings. The molecule has 0 N–H and O–H groups in total. The van der Waals surface area contributed by atoms with Crippen molar-refractivity contribution in [2.45, 2.75) is 32.3 Å². The molecule has 1 aliphatic heterocycles. The first-order valence-electron chi connectivity index (χ1n) is 10.7. The van der Waals surface area contributed by atoms with E-state index in [1.165, 1.54) is 5.56 Å². The van der Waals surface area contributed by atoms with Gasteiger partial charge in [0, 0.05) is 25.5 Å². The normalized spacial score (nSPS) is 15.5. The summed E-state index contributed by atoms with van der Waals surface area (Å²) in [6.07, 6.45) is 5.70. The number of carbonyl (C=O) groups excluding carboxylic acids is 2. The molecule has 1 aliphatic rings. The lowest BCUT2D eigenvalue weighted by molar-refractivity contribution is -0.141. The van der Waals surface area contributed by atoms with Crippen LogP contribution in [0.2, 0.25) is 0 Å². The third-order valence-corrected chi connectivity index (χ3v) is 5.80. The molecule has 160 valence electrons. The van der Waals surface area contributed by atoms with Gasteiger partial charge in [-0.1, -0.05) is 30.3 Å². The highest BCUT2D eigenvalue weighted by Crippen LogP contribution is 2.22. The Bertz CT molecular complexity index is 992. The summed E-state index contributed by atoms with van der Waals surface area (Å²) in [5.74, 6) is -0.0379. The third-order valence-electron chi connectivity index (χ3n) is 5.80. The number of nitrogens with zero attached hydrogens (tertiary/aromatic N) is 3. The van der Waals surface area contributed by atoms with Gasteiger partial charge in [-0.05, 0) is 68.0 Å². The number of esters is 1. The second-order valence-corrected chi connectivity index (χ2v) is 8.00. The summed E-state index contributed by atoms with van der Waals surface area (Å²) in [6, 6.07) is 19.3. The molecule has 0 aliphatic carbocycles. The molecule has 6 heteroatoms. The van der Waals surface area contributed by atoms with Gasteiger partial charge in [-0.25, -0.2) is 9.48 Å². The van der Waals surface area contributed by atoms with Gasteiger partial charge in [-0.3, -0.25) is 4.79 Å². The Morgan fingerprint density at radius 1 is 1.03 bits per heavy atom. The maximum Gasteiger partial charge on any atom is 0.338 e. The van der Waals surface area contributed by atoms with Crippen LogP contribution in [0, 0.1) is 5.92 Å². The van der Waals surface area contributed by atoms with Gasteiger partial charge in [0.05, 0.1) is 11.3 Å². The van der Waals surface area contributed by atoms with Crippen LogP contribution in [-0.2, 0) is 16.0 Å². The number of hydrogen-bond donors (Lipinski definition) is 0. The molecule has 0 radical (unpaired) electrons. The van der Waals surface area contributed by atoms with Crippen molar-refractivity contribution in [2.75, 3.05) is 13.1 Å². The SMILES string of the molecule is C[C@H](OC(=O)c1ccc(-n2cccn2)cc1)C(=O)N1CCC(Cc2ccccc2)CC1. The number of benzene rings is 2. The zero-order valence-electron chi connectivity index (χ0n) is 17.7. The number of hydrogen-bond acceptors (Lipinski definition) is 4. The zero-order chi connectivity index (χ0) is 21.6. The van der Waals surface area contributed by atoms with Crippen LogP contribution in [0.3, 0.4) is 0 Å². The van der Waals surface area contributed by atoms with Crippen LogP contribution < -0.4 is 0 Å². The second kappa shape index (κ2) is 9.60. The average Bonchev–Trinajstić information content (AvgIpc) is 3.35. The fourth-order valence-electron chi connectivity index (χ4n) is 4.01. The molecule has 4 rings (SSSR count). The van der Waals surface area contributed by atoms with Crippen molar-refractivity contribution in [1.29, 1.82) is 0 Å². The highest BCUT2D eigenvalue weighted by molar-refractivity contribution is 5.92. The summed E-state index contributed by atoms with van der Waals surface area (Å²) in [5, 5.41) is 4.16. The average molecular weight is 418 g/mol. The summed E-state index contributed by atoms with van der Waals surface area (Å²) in [6.45, 7) is 3.06. The first kappa shape index (κ1) is 20.8. The van der Waals surface area contributed by atoms with Crippen molar-refractivity contribution in [2.24, 2.45) is 5.92 Å². The molecule has 0 saturated carbocycles. The fourth-order valence-corrected chi connectivity index (χ4v) is 4.01. The first-order chi connectivity index (χ1) is 15.1. The molecule has 31 heavy (non-hydrogen) atoms. The molecule has 0 unspecified atom stereocenters. The van der Waals surface area contributed by atoms with Crippen molar-refractivity contribution in [3.63, 3.8) is 0 Å². The van der Waals surface area contributed by atoms with Crippen molar-refractivity contribution < 1.29 is 14.3 Å². The van der Waals surface area contributed by atoms with Gasteiger partial charge in [0.2, 0.25) is 0 Å². The Kier molecular flexibility index (Phi) is 6.46. The Labute approximate surface area is 182 Å². The molecule has 2 heterocycles. The molecule has 1 atom stereocenters. The lowest BCUT2D eigenvalue weighted by atomic mass is 9.90. The molecule has 1 amide bonds. The summed E-state index contributed by atoms with van der Waals surface area (Å²) in [7, 11) is 0. The van der Waals surface area contributed by atoms with Crippen LogP contribution in [0.25, 0.3) is 5.69 Å². The Morgan fingerprint density at radius 2 is 1.74 bits per heavy atom. The van der Waals surface area contributed by atoms with Crippen LogP contribution in [0.15, 0.2) is 73.1 Å². The zero-order valence-corrected chi connectivity index (χ0v) is 17.7. The van der Waals surface area contributed by atoms with E-state index < -0.39 is 12.1 Å². The van der Waals surface area contributed by atoms with Crippen LogP contribution in [0.4, 0.5) is 0 Å². The molecular formula is C25H27N3O3. The number of rotatable bonds is 6. The monoisotopic (exact) mass is 417 g/mol. The van der Waals surface area contributed by atoms with E-state index in [2.05, 4.69) is 29.4 Å². The van der Waals surface area contributed by atoms with Gasteiger partial charge in [-0.15, -0.1) is 0 Å². The number of ether oxygens (including phenoxy) is 1. The molecular weight excluding hydrogens is 390 g/mol. The molecule has 0 spiro atoms. The summed E-state index contributed by atoms with van der Waals surface area (Å²) in [5.41, 5.74) is 2.61. The first-order valence-corrected chi connectivity index (χ1v) is 10.7. The standard InChI is InChI=1S/C25H27N3O3/c1-19(31-25(30)22-8-10-23(11-9-22)28-15-5-14-26-28)24(29)27-16-12-21(13-17-27)18-20-6-3-2-4-7-20/h2-11,14-15,19,21H,12-13,16-18H2,1H3/t19-/m0/s1. The Morgan fingerprint density at radius 3 is 2.39 bits per heavy atom. The van der Waals surface area contributed by atoms with E-state index in [1.54, 1.807) is 42.1 Å². The number of amides is 1. The van der Waals surface area contributed by atoms with E-state index in [-0.39, 0.29) is 5.91 Å². The predicted molar refractivity (Wildman–Crippen MR) is 118 cm³/mol. The molecule has 1 aromatic heterocycles. The lowest BCUT2D eigenvalue weighted by Crippen LogP contribution is -2.44. The second-order valence-electron chi connectivity index (χ2n) is 8.00. The third kappa shape index (κ3) is 5.20. The number of aromatic nitrogens is 2. The van der Waals surface area contributed by atoms with E-state index in [4.69, 9.17) is 4.74 Å². The van der Waals surface area contributed by atoms with E-state index >= 15 is 0 Å². The van der Waals surface area contributed by atoms with Gasteiger partial charge < -0.3 is 9.64 Å². The number of likely N-dealkylation sites (tertiary alicyclic amines) is 1. The van der Waals surface area contributed by atoms with Crippen LogP contribution in [-0.4, -0.2) is 45.8 Å². The van der Waals surface area contributed by atoms with E-state index in [9.17, 15) is 9.59 Å². The van der Waals surface area contributed by atoms with Gasteiger partial charge in [0.15, 0.2) is 6.10 Å². The lowest BCUT2D eigenvalue weighted by Gasteiger charge is -2.33. The number of carbonyl (C=O) groups is 2. The highest BCUT2D eigenvalue weighted by Gasteiger charge is 2.28. The van der Waals surface area contributed by atoms with Crippen molar-refractivity contribution in [1.82, 2.24) is 14.7 Å². The quantitative estimate of drug-likeness (QED) is 0.571. The molecule has 1 fully saturated rings. The summed E-state index contributed by atoms with van der Waals surface area (Å²) >= 11 is 0. The Hall–Kier alpha value is -3.41. The van der Waals surface area contributed by atoms with Gasteiger partial charge >= 0.3 is 5.97 Å². The molecule has 2 aromatic carbocycles. The highest BCUT2D eigenvalue weighted by atomic mass is 16.5. The van der Waals surface area contributed by atoms with Crippen LogP contribution in [0.1, 0.15) is 35.7 Å². The van der Waals surface area contributed by atoms with Crippen LogP contribution >= 0.6 is 0 Å². The largest absolute Gasteiger partial charge is 0.449 e. The predicted octanol–water partition coefficient (Wildman–Crippen LogP) is 3.90. The molecule has 1 saturated heterocycles. The smallest absolute Gasteiger partial charge is 0.338 e. The van der Waals surface area contributed by atoms with E-state index in [0.29, 0.717) is 24.6 Å². The van der Waals surface area contributed by atoms with Crippen molar-refractivity contribution >= 4 is 11.9 Å². The minimum absolute atomic E-state index is 0.125. The van der Waals surface area contributed by atoms with Gasteiger partial charge in [0.25, 0.3) is 5.91 Å². The maximum atomic E-state index is 12.8. The van der Waals surface area contributed by atoms with Gasteiger partial charge in [0.1, 0.15) is 0 Å². The van der Waals surface area contributed by atoms with Gasteiger partial charge in [-0.2, -0.15) is 5.10 Å². The minimum atomic E-state index is -0.802. The van der Waals surface area contributed by atoms with Crippen LogP contribution in [0.5, 0.6) is 0 Å². The van der Waals surface area contributed by atoms with Crippen molar-refractivity contribution in [3.8, 4) is 5.69 Å². The van der Waals surface area contributed by atoms with E-state index in [0.717, 1.165) is 24.9 Å². The molecule has 6 nitrogen and oxygen atoms in total. The minimum Gasteiger partial charge on any atom is -0.449 e. The van der Waals surface area contributed by atoms with Crippen molar-refractivity contribution in [3.05, 3.63) is 84.2 Å². The Balaban J connectivity index is 1.27. The van der Waals surface area contributed by atoms with E-state index in [1.807, 2.05) is 23.2 Å². The maximum absolute atomic E-state index is 12.8.